The van der Waals surface area contributed by atoms with E-state index >= 15 is 0 Å². The van der Waals surface area contributed by atoms with E-state index < -0.39 is 0 Å². The molecule has 0 saturated heterocycles. The van der Waals surface area contributed by atoms with Crippen molar-refractivity contribution < 1.29 is 4.84 Å². The number of oxime groups is 1. The Morgan fingerprint density at radius 1 is 1.83 bits per heavy atom. The third-order valence-electron chi connectivity index (χ3n) is 0.272. The second-order valence-electron chi connectivity index (χ2n) is 0.673. The summed E-state index contributed by atoms with van der Waals surface area (Å²) < 4.78 is 0. The standard InChI is InChI=1S/C4H7NO/c1-3-4-5-6-2/h3-4H,1H2,2H3/b5-4+. The molecule has 2 heteroatoms. The van der Waals surface area contributed by atoms with Crippen molar-refractivity contribution in [1.29, 1.82) is 0 Å². The first-order chi connectivity index (χ1) is 2.91. The maximum Gasteiger partial charge on any atom is 0.106 e. The first-order valence-corrected chi connectivity index (χ1v) is 1.59. The number of rotatable bonds is 2. The lowest BCUT2D eigenvalue weighted by Gasteiger charge is -1.76. The summed E-state index contributed by atoms with van der Waals surface area (Å²) >= 11 is 0. The minimum Gasteiger partial charge on any atom is -0.399 e. The molecule has 0 N–H and O–H groups in total. The van der Waals surface area contributed by atoms with Gasteiger partial charge < -0.3 is 4.84 Å². The highest BCUT2D eigenvalue weighted by atomic mass is 16.6. The first-order valence-electron chi connectivity index (χ1n) is 1.59. The molecular formula is C4H7NO. The fraction of sp³-hybridized carbons (Fsp3) is 0.250. The van der Waals surface area contributed by atoms with E-state index in [1.807, 2.05) is 0 Å². The lowest BCUT2D eigenvalue weighted by atomic mass is 10.7. The number of hydrogen-bond donors (Lipinski definition) is 0. The molecule has 34 valence electrons. The van der Waals surface area contributed by atoms with Crippen molar-refractivity contribution in [2.45, 2.75) is 0 Å². The highest BCUT2D eigenvalue weighted by Crippen LogP contribution is 1.60. The van der Waals surface area contributed by atoms with Gasteiger partial charge in [-0.1, -0.05) is 11.7 Å². The molecule has 0 bridgehead atoms. The van der Waals surface area contributed by atoms with Crippen molar-refractivity contribution in [2.75, 3.05) is 7.11 Å². The Hall–Kier alpha value is -0.790. The quantitative estimate of drug-likeness (QED) is 0.359. The molecule has 6 heavy (non-hydrogen) atoms. The van der Waals surface area contributed by atoms with Crippen LogP contribution in [0.4, 0.5) is 0 Å². The van der Waals surface area contributed by atoms with Crippen molar-refractivity contribution in [3.05, 3.63) is 12.7 Å². The molecule has 0 heterocycles. The van der Waals surface area contributed by atoms with Gasteiger partial charge in [0, 0.05) is 0 Å². The van der Waals surface area contributed by atoms with Crippen LogP contribution in [0, 0.1) is 0 Å². The van der Waals surface area contributed by atoms with E-state index in [2.05, 4.69) is 16.6 Å². The van der Waals surface area contributed by atoms with Crippen molar-refractivity contribution >= 4 is 6.21 Å². The molecule has 0 aliphatic heterocycles. The SMILES string of the molecule is C=C/C=N/OC. The summed E-state index contributed by atoms with van der Waals surface area (Å²) in [6.45, 7) is 3.37. The van der Waals surface area contributed by atoms with Crippen molar-refractivity contribution in [1.82, 2.24) is 0 Å². The topological polar surface area (TPSA) is 21.6 Å². The monoisotopic (exact) mass is 85.1 g/mol. The zero-order valence-corrected chi connectivity index (χ0v) is 3.72. The molecule has 0 rings (SSSR count). The molecule has 2 nitrogen and oxygen atoms in total. The van der Waals surface area contributed by atoms with Gasteiger partial charge in [-0.2, -0.15) is 0 Å². The number of allylic oxidation sites excluding steroid dienone is 1. The zero-order valence-electron chi connectivity index (χ0n) is 3.72. The van der Waals surface area contributed by atoms with Gasteiger partial charge in [-0.15, -0.1) is 0 Å². The lowest BCUT2D eigenvalue weighted by molar-refractivity contribution is 0.215. The lowest BCUT2D eigenvalue weighted by Crippen LogP contribution is -1.65. The van der Waals surface area contributed by atoms with Crippen molar-refractivity contribution in [2.24, 2.45) is 5.16 Å². The minimum atomic E-state index is 1.47. The summed E-state index contributed by atoms with van der Waals surface area (Å²) in [5, 5.41) is 3.35. The van der Waals surface area contributed by atoms with Gasteiger partial charge >= 0.3 is 0 Å². The normalized spacial score (nSPS) is 8.83. The molecular weight excluding hydrogens is 78.0 g/mol. The summed E-state index contributed by atoms with van der Waals surface area (Å²) in [4.78, 5) is 4.28. The fourth-order valence-corrected chi connectivity index (χ4v) is 0.104. The highest BCUT2D eigenvalue weighted by molar-refractivity contribution is 5.69. The van der Waals surface area contributed by atoms with Crippen LogP contribution in [0.3, 0.4) is 0 Å². The number of hydrogen-bond acceptors (Lipinski definition) is 2. The fourth-order valence-electron chi connectivity index (χ4n) is 0.104. The zero-order chi connectivity index (χ0) is 4.83. The Labute approximate surface area is 37.1 Å². The van der Waals surface area contributed by atoms with Gasteiger partial charge in [0.15, 0.2) is 0 Å². The molecule has 0 aromatic carbocycles. The van der Waals surface area contributed by atoms with Crippen LogP contribution in [0.25, 0.3) is 0 Å². The maximum atomic E-state index is 4.28. The van der Waals surface area contributed by atoms with Crippen LogP contribution in [0.5, 0.6) is 0 Å². The van der Waals surface area contributed by atoms with Crippen molar-refractivity contribution in [3.8, 4) is 0 Å². The van der Waals surface area contributed by atoms with E-state index in [0.29, 0.717) is 0 Å². The Bertz CT molecular complexity index is 58.6. The third kappa shape index (κ3) is 3.21. The van der Waals surface area contributed by atoms with E-state index in [0.717, 1.165) is 0 Å². The molecule has 0 atom stereocenters. The van der Waals surface area contributed by atoms with Gasteiger partial charge in [0.25, 0.3) is 0 Å². The second kappa shape index (κ2) is 4.21. The molecule has 0 aromatic rings. The summed E-state index contributed by atoms with van der Waals surface area (Å²) in [6, 6.07) is 0. The molecule has 0 aliphatic carbocycles. The minimum absolute atomic E-state index is 1.47. The molecule has 0 saturated carbocycles. The van der Waals surface area contributed by atoms with E-state index in [1.54, 1.807) is 6.08 Å². The smallest absolute Gasteiger partial charge is 0.106 e. The summed E-state index contributed by atoms with van der Waals surface area (Å²) in [7, 11) is 1.49. The van der Waals surface area contributed by atoms with Gasteiger partial charge in [0.05, 0.1) is 6.21 Å². The third-order valence-corrected chi connectivity index (χ3v) is 0.272. The van der Waals surface area contributed by atoms with Crippen LogP contribution < -0.4 is 0 Å². The first kappa shape index (κ1) is 5.21. The van der Waals surface area contributed by atoms with Crippen molar-refractivity contribution in [3.63, 3.8) is 0 Å². The largest absolute Gasteiger partial charge is 0.399 e. The predicted octanol–water partition coefficient (Wildman–Crippen LogP) is 0.805. The molecule has 0 aromatic heterocycles. The van der Waals surface area contributed by atoms with Gasteiger partial charge in [-0.25, -0.2) is 0 Å². The summed E-state index contributed by atoms with van der Waals surface area (Å²) in [5.74, 6) is 0. The molecule has 0 fully saturated rings. The Morgan fingerprint density at radius 3 is 2.67 bits per heavy atom. The average Bonchev–Trinajstić information content (AvgIpc) is 1.61. The predicted molar refractivity (Wildman–Crippen MR) is 25.7 cm³/mol. The second-order valence-corrected chi connectivity index (χ2v) is 0.673. The highest BCUT2D eigenvalue weighted by Gasteiger charge is 1.51. The summed E-state index contributed by atoms with van der Waals surface area (Å²) in [6.07, 6.45) is 3.02. The summed E-state index contributed by atoms with van der Waals surface area (Å²) in [5.41, 5.74) is 0. The van der Waals surface area contributed by atoms with Crippen LogP contribution in [0.15, 0.2) is 17.8 Å². The van der Waals surface area contributed by atoms with Gasteiger partial charge in [0.2, 0.25) is 0 Å². The Morgan fingerprint density at radius 2 is 2.50 bits per heavy atom. The van der Waals surface area contributed by atoms with Gasteiger partial charge in [-0.05, 0) is 6.08 Å². The van der Waals surface area contributed by atoms with Gasteiger partial charge in [-0.3, -0.25) is 0 Å². The van der Waals surface area contributed by atoms with Crippen LogP contribution >= 0.6 is 0 Å². The van der Waals surface area contributed by atoms with Crippen LogP contribution in [0.2, 0.25) is 0 Å². The molecule has 0 radical (unpaired) electrons. The molecule has 0 aliphatic rings. The van der Waals surface area contributed by atoms with Crippen LogP contribution in [-0.4, -0.2) is 13.3 Å². The Balaban J connectivity index is 2.94. The molecule has 0 spiro atoms. The van der Waals surface area contributed by atoms with E-state index in [4.69, 9.17) is 0 Å². The maximum absolute atomic E-state index is 4.28. The van der Waals surface area contributed by atoms with E-state index in [-0.39, 0.29) is 0 Å². The number of nitrogens with zero attached hydrogens (tertiary/aromatic N) is 1. The molecule has 0 amide bonds. The van der Waals surface area contributed by atoms with Crippen LogP contribution in [0.1, 0.15) is 0 Å². The van der Waals surface area contributed by atoms with Crippen LogP contribution in [-0.2, 0) is 4.84 Å². The molecule has 0 unspecified atom stereocenters. The van der Waals surface area contributed by atoms with E-state index in [1.165, 1.54) is 13.3 Å². The Kier molecular flexibility index (Phi) is 3.66. The average molecular weight is 85.1 g/mol. The van der Waals surface area contributed by atoms with E-state index in [9.17, 15) is 0 Å². The van der Waals surface area contributed by atoms with Gasteiger partial charge in [0.1, 0.15) is 7.11 Å².